The maximum absolute atomic E-state index is 5.89. The molecule has 0 spiro atoms. The predicted octanol–water partition coefficient (Wildman–Crippen LogP) is 5.81. The Morgan fingerprint density at radius 3 is 2.33 bits per heavy atom. The molecule has 6 nitrogen and oxygen atoms in total. The van der Waals surface area contributed by atoms with Crippen molar-refractivity contribution >= 4 is 11.8 Å². The topological polar surface area (TPSA) is 66.0 Å². The van der Waals surface area contributed by atoms with E-state index in [2.05, 4.69) is 28.5 Å². The Balaban J connectivity index is 1.33. The molecule has 33 heavy (non-hydrogen) atoms. The lowest BCUT2D eigenvalue weighted by atomic mass is 10.1. The molecule has 0 radical (unpaired) electrons. The van der Waals surface area contributed by atoms with Gasteiger partial charge >= 0.3 is 0 Å². The number of para-hydroxylation sites is 1. The van der Waals surface area contributed by atoms with Crippen molar-refractivity contribution in [3.8, 4) is 22.7 Å². The van der Waals surface area contributed by atoms with Crippen molar-refractivity contribution in [2.24, 2.45) is 0 Å². The zero-order chi connectivity index (χ0) is 22.5. The van der Waals surface area contributed by atoms with Gasteiger partial charge < -0.3 is 9.15 Å². The standard InChI is InChI=1S/C26H22N4O2S/c1-31-23-14-12-19(13-15-23)16-24-27-28-26(32-24)33-18-21-17-30(22-10-6-3-7-11-22)29-25(21)20-8-4-2-5-9-20/h2-15,17H,16,18H2,1H3. The molecule has 0 aliphatic rings. The first-order valence-electron chi connectivity index (χ1n) is 10.6. The third-order valence-electron chi connectivity index (χ3n) is 5.17. The smallest absolute Gasteiger partial charge is 0.276 e. The highest BCUT2D eigenvalue weighted by Crippen LogP contribution is 2.30. The van der Waals surface area contributed by atoms with E-state index in [1.165, 1.54) is 11.8 Å². The molecule has 0 fully saturated rings. The largest absolute Gasteiger partial charge is 0.497 e. The fourth-order valence-corrected chi connectivity index (χ4v) is 4.24. The minimum atomic E-state index is 0.546. The van der Waals surface area contributed by atoms with Gasteiger partial charge in [0.25, 0.3) is 5.22 Å². The minimum absolute atomic E-state index is 0.546. The third kappa shape index (κ3) is 4.99. The first kappa shape index (κ1) is 21.0. The molecule has 0 bridgehead atoms. The molecule has 5 aromatic rings. The number of nitrogens with zero attached hydrogens (tertiary/aromatic N) is 4. The third-order valence-corrected chi connectivity index (χ3v) is 6.04. The van der Waals surface area contributed by atoms with Crippen molar-refractivity contribution < 1.29 is 9.15 Å². The molecule has 2 heterocycles. The second-order valence-electron chi connectivity index (χ2n) is 7.42. The summed E-state index contributed by atoms with van der Waals surface area (Å²) in [6.07, 6.45) is 2.65. The van der Waals surface area contributed by atoms with Crippen LogP contribution in [0.2, 0.25) is 0 Å². The van der Waals surface area contributed by atoms with Gasteiger partial charge in [-0.3, -0.25) is 0 Å². The maximum atomic E-state index is 5.89. The van der Waals surface area contributed by atoms with Gasteiger partial charge in [-0.15, -0.1) is 10.2 Å². The van der Waals surface area contributed by atoms with Crippen LogP contribution in [0.1, 0.15) is 17.0 Å². The van der Waals surface area contributed by atoms with Gasteiger partial charge in [-0.05, 0) is 29.8 Å². The van der Waals surface area contributed by atoms with Gasteiger partial charge in [0.15, 0.2) is 0 Å². The van der Waals surface area contributed by atoms with Crippen LogP contribution in [0.15, 0.2) is 101 Å². The molecule has 7 heteroatoms. The Hall–Kier alpha value is -3.84. The number of aromatic nitrogens is 4. The van der Waals surface area contributed by atoms with Crippen molar-refractivity contribution in [1.82, 2.24) is 20.0 Å². The number of thioether (sulfide) groups is 1. The molecular weight excluding hydrogens is 432 g/mol. The van der Waals surface area contributed by atoms with E-state index in [4.69, 9.17) is 14.3 Å². The average molecular weight is 455 g/mol. The quantitative estimate of drug-likeness (QED) is 0.276. The van der Waals surface area contributed by atoms with Gasteiger partial charge in [0.2, 0.25) is 5.89 Å². The first-order chi connectivity index (χ1) is 16.3. The monoisotopic (exact) mass is 454 g/mol. The highest BCUT2D eigenvalue weighted by Gasteiger charge is 2.15. The van der Waals surface area contributed by atoms with Crippen LogP contribution in [0, 0.1) is 0 Å². The average Bonchev–Trinajstić information content (AvgIpc) is 3.51. The van der Waals surface area contributed by atoms with Crippen LogP contribution in [0.4, 0.5) is 0 Å². The second-order valence-corrected chi connectivity index (χ2v) is 8.35. The highest BCUT2D eigenvalue weighted by atomic mass is 32.2. The van der Waals surface area contributed by atoms with E-state index in [0.717, 1.165) is 33.8 Å². The Labute approximate surface area is 196 Å². The summed E-state index contributed by atoms with van der Waals surface area (Å²) in [4.78, 5) is 0. The summed E-state index contributed by atoms with van der Waals surface area (Å²) in [5.41, 5.74) is 5.24. The molecular formula is C26H22N4O2S. The zero-order valence-corrected chi connectivity index (χ0v) is 18.9. The first-order valence-corrected chi connectivity index (χ1v) is 11.5. The Morgan fingerprint density at radius 2 is 1.61 bits per heavy atom. The summed E-state index contributed by atoms with van der Waals surface area (Å²) in [6, 6.07) is 28.2. The molecule has 0 saturated heterocycles. The van der Waals surface area contributed by atoms with Crippen molar-refractivity contribution in [2.75, 3.05) is 7.11 Å². The van der Waals surface area contributed by atoms with E-state index in [1.807, 2.05) is 77.5 Å². The number of methoxy groups -OCH3 is 1. The summed E-state index contributed by atoms with van der Waals surface area (Å²) in [7, 11) is 1.66. The lowest BCUT2D eigenvalue weighted by Crippen LogP contribution is -1.93. The summed E-state index contributed by atoms with van der Waals surface area (Å²) in [5.74, 6) is 2.08. The van der Waals surface area contributed by atoms with Crippen LogP contribution >= 0.6 is 11.8 Å². The SMILES string of the molecule is COc1ccc(Cc2nnc(SCc3cn(-c4ccccc4)nc3-c3ccccc3)o2)cc1. The van der Waals surface area contributed by atoms with Gasteiger partial charge in [0.1, 0.15) is 5.75 Å². The van der Waals surface area contributed by atoms with Crippen LogP contribution in [0.25, 0.3) is 16.9 Å². The van der Waals surface area contributed by atoms with Gasteiger partial charge in [0, 0.05) is 23.1 Å². The number of hydrogen-bond donors (Lipinski definition) is 0. The summed E-state index contributed by atoms with van der Waals surface area (Å²) < 4.78 is 13.0. The number of hydrogen-bond acceptors (Lipinski definition) is 6. The zero-order valence-electron chi connectivity index (χ0n) is 18.1. The van der Waals surface area contributed by atoms with E-state index in [9.17, 15) is 0 Å². The molecule has 164 valence electrons. The lowest BCUT2D eigenvalue weighted by Gasteiger charge is -2.01. The van der Waals surface area contributed by atoms with E-state index in [-0.39, 0.29) is 0 Å². The minimum Gasteiger partial charge on any atom is -0.497 e. The molecule has 3 aromatic carbocycles. The number of ether oxygens (including phenoxy) is 1. The van der Waals surface area contributed by atoms with Crippen LogP contribution in [0.5, 0.6) is 5.75 Å². The normalized spacial score (nSPS) is 10.9. The van der Waals surface area contributed by atoms with Crippen molar-refractivity contribution in [2.45, 2.75) is 17.4 Å². The summed E-state index contributed by atoms with van der Waals surface area (Å²) in [5, 5.41) is 13.8. The number of rotatable bonds is 8. The van der Waals surface area contributed by atoms with Crippen LogP contribution in [0.3, 0.4) is 0 Å². The van der Waals surface area contributed by atoms with E-state index < -0.39 is 0 Å². The Kier molecular flexibility index (Phi) is 6.21. The van der Waals surface area contributed by atoms with Crippen molar-refractivity contribution in [3.63, 3.8) is 0 Å². The van der Waals surface area contributed by atoms with E-state index in [0.29, 0.717) is 23.3 Å². The lowest BCUT2D eigenvalue weighted by molar-refractivity contribution is 0.413. The summed E-state index contributed by atoms with van der Waals surface area (Å²) in [6.45, 7) is 0. The van der Waals surface area contributed by atoms with Gasteiger partial charge in [-0.1, -0.05) is 72.4 Å². The van der Waals surface area contributed by atoms with Gasteiger partial charge in [-0.25, -0.2) is 4.68 Å². The van der Waals surface area contributed by atoms with Crippen molar-refractivity contribution in [1.29, 1.82) is 0 Å². The summed E-state index contributed by atoms with van der Waals surface area (Å²) >= 11 is 1.51. The van der Waals surface area contributed by atoms with E-state index >= 15 is 0 Å². The molecule has 0 unspecified atom stereocenters. The molecule has 0 aliphatic heterocycles. The van der Waals surface area contributed by atoms with Gasteiger partial charge in [-0.2, -0.15) is 5.10 Å². The fraction of sp³-hybridized carbons (Fsp3) is 0.115. The molecule has 0 saturated carbocycles. The number of benzene rings is 3. The molecule has 0 N–H and O–H groups in total. The van der Waals surface area contributed by atoms with Crippen LogP contribution in [-0.4, -0.2) is 27.1 Å². The second kappa shape index (κ2) is 9.75. The van der Waals surface area contributed by atoms with Crippen molar-refractivity contribution in [3.05, 3.63) is 108 Å². The molecule has 2 aromatic heterocycles. The van der Waals surface area contributed by atoms with Gasteiger partial charge in [0.05, 0.1) is 24.9 Å². The Morgan fingerprint density at radius 1 is 0.879 bits per heavy atom. The highest BCUT2D eigenvalue weighted by molar-refractivity contribution is 7.98. The van der Waals surface area contributed by atoms with Crippen LogP contribution in [-0.2, 0) is 12.2 Å². The Bertz CT molecular complexity index is 1320. The fourth-order valence-electron chi connectivity index (χ4n) is 3.49. The predicted molar refractivity (Wildman–Crippen MR) is 129 cm³/mol. The molecule has 5 rings (SSSR count). The maximum Gasteiger partial charge on any atom is 0.276 e. The molecule has 0 amide bonds. The molecule has 0 atom stereocenters. The van der Waals surface area contributed by atoms with E-state index in [1.54, 1.807) is 7.11 Å². The van der Waals surface area contributed by atoms with Crippen LogP contribution < -0.4 is 4.74 Å². The molecule has 0 aliphatic carbocycles.